The van der Waals surface area contributed by atoms with Crippen molar-refractivity contribution in [2.75, 3.05) is 7.11 Å². The van der Waals surface area contributed by atoms with Gasteiger partial charge in [0.05, 0.1) is 23.7 Å². The van der Waals surface area contributed by atoms with E-state index in [4.69, 9.17) is 4.74 Å². The smallest absolute Gasteiger partial charge is 0.205 e. The minimum absolute atomic E-state index is 0.341. The van der Waals surface area contributed by atoms with Crippen molar-refractivity contribution < 1.29 is 8.95 Å². The molecule has 1 aromatic carbocycles. The first-order valence-corrected chi connectivity index (χ1v) is 8.06. The van der Waals surface area contributed by atoms with E-state index >= 15 is 0 Å². The van der Waals surface area contributed by atoms with Crippen molar-refractivity contribution in [2.45, 2.75) is 10.9 Å². The highest BCUT2D eigenvalue weighted by Gasteiger charge is 2.15. The number of ether oxygens (including phenoxy) is 1. The van der Waals surface area contributed by atoms with Crippen LogP contribution in [-0.2, 0) is 16.6 Å². The SMILES string of the molecule is COc1ccccc1CS(=O)c1nccn1-c1ccccn1. The van der Waals surface area contributed by atoms with Crippen LogP contribution in [0.5, 0.6) is 5.75 Å². The van der Waals surface area contributed by atoms with Crippen molar-refractivity contribution in [3.8, 4) is 11.6 Å². The number of pyridine rings is 1. The Morgan fingerprint density at radius 2 is 1.91 bits per heavy atom. The molecule has 22 heavy (non-hydrogen) atoms. The van der Waals surface area contributed by atoms with Crippen LogP contribution in [0.1, 0.15) is 5.56 Å². The number of aromatic nitrogens is 3. The normalized spacial score (nSPS) is 12.0. The zero-order valence-corrected chi connectivity index (χ0v) is 12.9. The van der Waals surface area contributed by atoms with Crippen LogP contribution in [0.3, 0.4) is 0 Å². The van der Waals surface area contributed by atoms with E-state index in [1.165, 1.54) is 0 Å². The molecule has 2 aromatic heterocycles. The number of nitrogens with zero attached hydrogens (tertiary/aromatic N) is 3. The summed E-state index contributed by atoms with van der Waals surface area (Å²) < 4.78 is 19.7. The van der Waals surface area contributed by atoms with E-state index in [-0.39, 0.29) is 0 Å². The molecule has 3 aromatic rings. The van der Waals surface area contributed by atoms with E-state index in [1.54, 1.807) is 30.3 Å². The van der Waals surface area contributed by atoms with Gasteiger partial charge in [0.1, 0.15) is 11.6 Å². The summed E-state index contributed by atoms with van der Waals surface area (Å²) in [5, 5.41) is 0.476. The minimum Gasteiger partial charge on any atom is -0.496 e. The molecule has 0 bridgehead atoms. The average molecular weight is 313 g/mol. The summed E-state index contributed by atoms with van der Waals surface area (Å²) in [6.07, 6.45) is 5.09. The van der Waals surface area contributed by atoms with Gasteiger partial charge in [-0.15, -0.1) is 0 Å². The number of methoxy groups -OCH3 is 1. The van der Waals surface area contributed by atoms with Crippen molar-refractivity contribution in [3.63, 3.8) is 0 Å². The summed E-state index contributed by atoms with van der Waals surface area (Å²) >= 11 is 0. The molecule has 112 valence electrons. The second-order valence-electron chi connectivity index (χ2n) is 4.57. The van der Waals surface area contributed by atoms with Crippen LogP contribution in [-0.4, -0.2) is 25.9 Å². The van der Waals surface area contributed by atoms with Gasteiger partial charge >= 0.3 is 0 Å². The second-order valence-corrected chi connectivity index (χ2v) is 5.91. The summed E-state index contributed by atoms with van der Waals surface area (Å²) in [5.41, 5.74) is 0.888. The quantitative estimate of drug-likeness (QED) is 0.726. The van der Waals surface area contributed by atoms with Crippen LogP contribution in [0.15, 0.2) is 66.2 Å². The molecule has 5 nitrogen and oxygen atoms in total. The molecule has 0 aliphatic rings. The summed E-state index contributed by atoms with van der Waals surface area (Å²) in [6.45, 7) is 0. The highest BCUT2D eigenvalue weighted by Crippen LogP contribution is 2.21. The minimum atomic E-state index is -1.30. The van der Waals surface area contributed by atoms with E-state index in [1.807, 2.05) is 42.5 Å². The molecule has 2 heterocycles. The predicted molar refractivity (Wildman–Crippen MR) is 84.5 cm³/mol. The highest BCUT2D eigenvalue weighted by molar-refractivity contribution is 7.84. The number of para-hydroxylation sites is 1. The third-order valence-corrected chi connectivity index (χ3v) is 4.47. The van der Waals surface area contributed by atoms with Crippen LogP contribution in [0.25, 0.3) is 5.82 Å². The van der Waals surface area contributed by atoms with Crippen LogP contribution >= 0.6 is 0 Å². The van der Waals surface area contributed by atoms with Gasteiger partial charge in [0.25, 0.3) is 0 Å². The fourth-order valence-electron chi connectivity index (χ4n) is 2.16. The molecular weight excluding hydrogens is 298 g/mol. The van der Waals surface area contributed by atoms with Gasteiger partial charge in [-0.1, -0.05) is 24.3 Å². The average Bonchev–Trinajstić information content (AvgIpc) is 3.06. The van der Waals surface area contributed by atoms with Crippen molar-refractivity contribution >= 4 is 10.8 Å². The van der Waals surface area contributed by atoms with Gasteiger partial charge in [0.2, 0.25) is 5.16 Å². The van der Waals surface area contributed by atoms with Gasteiger partial charge in [0.15, 0.2) is 0 Å². The Bertz CT molecular complexity index is 787. The van der Waals surface area contributed by atoms with Crippen molar-refractivity contribution in [3.05, 3.63) is 66.6 Å². The highest BCUT2D eigenvalue weighted by atomic mass is 32.2. The summed E-state index contributed by atoms with van der Waals surface area (Å²) in [5.74, 6) is 1.77. The Balaban J connectivity index is 1.90. The largest absolute Gasteiger partial charge is 0.496 e. The topological polar surface area (TPSA) is 57.0 Å². The first kappa shape index (κ1) is 14.5. The predicted octanol–water partition coefficient (Wildman–Crippen LogP) is 2.58. The van der Waals surface area contributed by atoms with Gasteiger partial charge < -0.3 is 4.74 Å². The van der Waals surface area contributed by atoms with E-state index in [0.717, 1.165) is 11.3 Å². The van der Waals surface area contributed by atoms with Crippen LogP contribution in [0, 0.1) is 0 Å². The maximum Gasteiger partial charge on any atom is 0.205 e. The van der Waals surface area contributed by atoms with Gasteiger partial charge in [-0.05, 0) is 18.2 Å². The van der Waals surface area contributed by atoms with Gasteiger partial charge in [-0.25, -0.2) is 9.97 Å². The molecule has 0 aliphatic heterocycles. The Morgan fingerprint density at radius 1 is 1.09 bits per heavy atom. The molecule has 6 heteroatoms. The van der Waals surface area contributed by atoms with Gasteiger partial charge in [-0.2, -0.15) is 0 Å². The van der Waals surface area contributed by atoms with Crippen LogP contribution < -0.4 is 4.74 Å². The fraction of sp³-hybridized carbons (Fsp3) is 0.125. The lowest BCUT2D eigenvalue weighted by molar-refractivity contribution is 0.411. The Hall–Kier alpha value is -2.47. The summed E-state index contributed by atoms with van der Waals surface area (Å²) in [7, 11) is 0.312. The molecule has 1 atom stereocenters. The first-order valence-electron chi connectivity index (χ1n) is 6.74. The Kier molecular flexibility index (Phi) is 4.29. The lowest BCUT2D eigenvalue weighted by Crippen LogP contribution is -2.07. The Labute approximate surface area is 131 Å². The van der Waals surface area contributed by atoms with Crippen molar-refractivity contribution in [1.29, 1.82) is 0 Å². The molecule has 0 radical (unpaired) electrons. The molecule has 0 amide bonds. The molecule has 0 saturated heterocycles. The van der Waals surface area contributed by atoms with Crippen molar-refractivity contribution in [2.24, 2.45) is 0 Å². The number of rotatable bonds is 5. The zero-order valence-electron chi connectivity index (χ0n) is 12.0. The van der Waals surface area contributed by atoms with E-state index in [0.29, 0.717) is 16.7 Å². The number of hydrogen-bond acceptors (Lipinski definition) is 4. The molecule has 0 spiro atoms. The molecule has 0 fully saturated rings. The van der Waals surface area contributed by atoms with Gasteiger partial charge in [0, 0.05) is 24.2 Å². The molecular formula is C16H15N3O2S. The third kappa shape index (κ3) is 2.92. The number of imidazole rings is 1. The van der Waals surface area contributed by atoms with E-state index in [9.17, 15) is 4.21 Å². The first-order chi connectivity index (χ1) is 10.8. The summed E-state index contributed by atoms with van der Waals surface area (Å²) in [4.78, 5) is 8.49. The molecule has 0 N–H and O–H groups in total. The Morgan fingerprint density at radius 3 is 2.68 bits per heavy atom. The lowest BCUT2D eigenvalue weighted by Gasteiger charge is -2.09. The standard InChI is InChI=1S/C16H15N3O2S/c1-21-14-7-3-2-6-13(14)12-22(20)16-18-10-11-19(16)15-8-4-5-9-17-15/h2-11H,12H2,1H3. The number of hydrogen-bond donors (Lipinski definition) is 0. The lowest BCUT2D eigenvalue weighted by atomic mass is 10.2. The molecule has 0 aliphatic carbocycles. The third-order valence-electron chi connectivity index (χ3n) is 3.19. The fourth-order valence-corrected chi connectivity index (χ4v) is 3.36. The maximum absolute atomic E-state index is 12.7. The van der Waals surface area contributed by atoms with E-state index < -0.39 is 10.8 Å². The van der Waals surface area contributed by atoms with Crippen LogP contribution in [0.4, 0.5) is 0 Å². The monoisotopic (exact) mass is 313 g/mol. The second kappa shape index (κ2) is 6.53. The summed E-state index contributed by atoms with van der Waals surface area (Å²) in [6, 6.07) is 13.1. The van der Waals surface area contributed by atoms with Crippen LogP contribution in [0.2, 0.25) is 0 Å². The maximum atomic E-state index is 12.7. The van der Waals surface area contributed by atoms with Crippen molar-refractivity contribution in [1.82, 2.24) is 14.5 Å². The van der Waals surface area contributed by atoms with Gasteiger partial charge in [-0.3, -0.25) is 8.78 Å². The molecule has 1 unspecified atom stereocenters. The van der Waals surface area contributed by atoms with E-state index in [2.05, 4.69) is 9.97 Å². The zero-order chi connectivity index (χ0) is 15.4. The number of benzene rings is 1. The molecule has 0 saturated carbocycles. The molecule has 3 rings (SSSR count).